The number of carbonyl (C=O) groups excluding carboxylic acids is 1. The quantitative estimate of drug-likeness (QED) is 0.396. The standard InChI is InChI=1S/C9H12O/c1-9(6-10)5-7-2-3-8(9)4-7/h2-3,6-8H,4-5H2,1H3/t7-,8+,9-/m1/s1. The zero-order chi connectivity index (χ0) is 7.19. The van der Waals surface area contributed by atoms with E-state index in [0.717, 1.165) is 12.7 Å². The lowest BCUT2D eigenvalue weighted by molar-refractivity contribution is -0.116. The van der Waals surface area contributed by atoms with Gasteiger partial charge in [0.15, 0.2) is 0 Å². The lowest BCUT2D eigenvalue weighted by Gasteiger charge is -2.23. The predicted octanol–water partition coefficient (Wildman–Crippen LogP) is 1.79. The van der Waals surface area contributed by atoms with Crippen molar-refractivity contribution < 1.29 is 4.79 Å². The largest absolute Gasteiger partial charge is 0.303 e. The lowest BCUT2D eigenvalue weighted by Crippen LogP contribution is -2.22. The molecule has 1 nitrogen and oxygen atoms in total. The van der Waals surface area contributed by atoms with E-state index in [9.17, 15) is 4.79 Å². The average Bonchev–Trinajstić information content (AvgIpc) is 2.46. The number of aldehydes is 1. The first-order valence-electron chi connectivity index (χ1n) is 3.89. The van der Waals surface area contributed by atoms with Gasteiger partial charge in [0.05, 0.1) is 0 Å². The molecule has 0 radical (unpaired) electrons. The molecule has 1 heteroatoms. The van der Waals surface area contributed by atoms with Crippen LogP contribution in [0.4, 0.5) is 0 Å². The van der Waals surface area contributed by atoms with Crippen molar-refractivity contribution in [2.75, 3.05) is 0 Å². The molecule has 2 aliphatic rings. The Morgan fingerprint density at radius 1 is 1.60 bits per heavy atom. The maximum absolute atomic E-state index is 10.7. The molecule has 1 saturated carbocycles. The first-order valence-corrected chi connectivity index (χ1v) is 3.89. The van der Waals surface area contributed by atoms with Gasteiger partial charge in [0, 0.05) is 5.41 Å². The van der Waals surface area contributed by atoms with E-state index in [-0.39, 0.29) is 5.41 Å². The van der Waals surface area contributed by atoms with Crippen molar-refractivity contribution in [3.05, 3.63) is 12.2 Å². The normalized spacial score (nSPS) is 50.1. The van der Waals surface area contributed by atoms with Gasteiger partial charge < -0.3 is 4.79 Å². The summed E-state index contributed by atoms with van der Waals surface area (Å²) in [5.74, 6) is 1.26. The first-order chi connectivity index (χ1) is 4.74. The summed E-state index contributed by atoms with van der Waals surface area (Å²) in [6, 6.07) is 0. The molecule has 2 rings (SSSR count). The molecule has 54 valence electrons. The number of allylic oxidation sites excluding steroid dienone is 2. The number of carbonyl (C=O) groups is 1. The monoisotopic (exact) mass is 136 g/mol. The van der Waals surface area contributed by atoms with Crippen LogP contribution in [0.2, 0.25) is 0 Å². The van der Waals surface area contributed by atoms with E-state index in [0.29, 0.717) is 11.8 Å². The summed E-state index contributed by atoms with van der Waals surface area (Å²) in [5.41, 5.74) is -0.0145. The van der Waals surface area contributed by atoms with Crippen LogP contribution in [0, 0.1) is 17.3 Å². The fraction of sp³-hybridized carbons (Fsp3) is 0.667. The van der Waals surface area contributed by atoms with Crippen molar-refractivity contribution in [2.24, 2.45) is 17.3 Å². The number of hydrogen-bond acceptors (Lipinski definition) is 1. The SMILES string of the molecule is C[C@]1(C=O)C[C@@H]2C=C[C@H]1C2. The van der Waals surface area contributed by atoms with Crippen LogP contribution >= 0.6 is 0 Å². The molecule has 0 spiro atoms. The van der Waals surface area contributed by atoms with Crippen molar-refractivity contribution in [2.45, 2.75) is 19.8 Å². The minimum Gasteiger partial charge on any atom is -0.303 e. The van der Waals surface area contributed by atoms with E-state index in [1.54, 1.807) is 0 Å². The van der Waals surface area contributed by atoms with E-state index < -0.39 is 0 Å². The van der Waals surface area contributed by atoms with Crippen LogP contribution in [0.5, 0.6) is 0 Å². The van der Waals surface area contributed by atoms with Crippen LogP contribution in [-0.4, -0.2) is 6.29 Å². The summed E-state index contributed by atoms with van der Waals surface area (Å²) < 4.78 is 0. The van der Waals surface area contributed by atoms with Crippen molar-refractivity contribution in [1.29, 1.82) is 0 Å². The topological polar surface area (TPSA) is 17.1 Å². The van der Waals surface area contributed by atoms with E-state index in [1.165, 1.54) is 6.42 Å². The van der Waals surface area contributed by atoms with Gasteiger partial charge in [-0.3, -0.25) is 0 Å². The number of hydrogen-bond donors (Lipinski definition) is 0. The summed E-state index contributed by atoms with van der Waals surface area (Å²) in [7, 11) is 0. The van der Waals surface area contributed by atoms with Gasteiger partial charge in [0.25, 0.3) is 0 Å². The van der Waals surface area contributed by atoms with Crippen LogP contribution in [-0.2, 0) is 4.79 Å². The highest BCUT2D eigenvalue weighted by Crippen LogP contribution is 2.50. The number of fused-ring (bicyclic) bond motifs is 2. The molecule has 0 heterocycles. The zero-order valence-electron chi connectivity index (χ0n) is 6.21. The Hall–Kier alpha value is -0.590. The Kier molecular flexibility index (Phi) is 1.05. The van der Waals surface area contributed by atoms with Gasteiger partial charge in [-0.15, -0.1) is 0 Å². The third-order valence-electron chi connectivity index (χ3n) is 2.99. The molecule has 0 aromatic carbocycles. The zero-order valence-corrected chi connectivity index (χ0v) is 6.21. The van der Waals surface area contributed by atoms with Crippen molar-refractivity contribution in [1.82, 2.24) is 0 Å². The predicted molar refractivity (Wildman–Crippen MR) is 39.5 cm³/mol. The van der Waals surface area contributed by atoms with Gasteiger partial charge in [-0.25, -0.2) is 0 Å². The lowest BCUT2D eigenvalue weighted by atomic mass is 9.79. The fourth-order valence-electron chi connectivity index (χ4n) is 2.27. The molecule has 0 unspecified atom stereocenters. The fourth-order valence-corrected chi connectivity index (χ4v) is 2.27. The van der Waals surface area contributed by atoms with Gasteiger partial charge in [0.2, 0.25) is 0 Å². The third-order valence-corrected chi connectivity index (χ3v) is 2.99. The summed E-state index contributed by atoms with van der Waals surface area (Å²) in [6.07, 6.45) is 7.91. The van der Waals surface area contributed by atoms with E-state index >= 15 is 0 Å². The van der Waals surface area contributed by atoms with Gasteiger partial charge in [-0.2, -0.15) is 0 Å². The van der Waals surface area contributed by atoms with Gasteiger partial charge in [0.1, 0.15) is 6.29 Å². The molecule has 2 aliphatic carbocycles. The molecule has 10 heavy (non-hydrogen) atoms. The molecule has 0 N–H and O–H groups in total. The van der Waals surface area contributed by atoms with E-state index in [2.05, 4.69) is 19.1 Å². The van der Waals surface area contributed by atoms with Crippen LogP contribution in [0.1, 0.15) is 19.8 Å². The Labute approximate surface area is 61.1 Å². The molecule has 1 fully saturated rings. The van der Waals surface area contributed by atoms with E-state index in [4.69, 9.17) is 0 Å². The van der Waals surface area contributed by atoms with Crippen LogP contribution in [0.15, 0.2) is 12.2 Å². The molecule has 3 atom stereocenters. The maximum atomic E-state index is 10.7. The van der Waals surface area contributed by atoms with Crippen molar-refractivity contribution >= 4 is 6.29 Å². The molecule has 0 amide bonds. The third kappa shape index (κ3) is 0.606. The summed E-state index contributed by atoms with van der Waals surface area (Å²) in [4.78, 5) is 10.7. The number of rotatable bonds is 1. The molecular formula is C9H12O. The summed E-state index contributed by atoms with van der Waals surface area (Å²) in [6.45, 7) is 2.08. The average molecular weight is 136 g/mol. The second kappa shape index (κ2) is 1.71. The van der Waals surface area contributed by atoms with Crippen LogP contribution in [0.3, 0.4) is 0 Å². The highest BCUT2D eigenvalue weighted by Gasteiger charge is 2.44. The van der Waals surface area contributed by atoms with Crippen molar-refractivity contribution in [3.8, 4) is 0 Å². The van der Waals surface area contributed by atoms with Gasteiger partial charge >= 0.3 is 0 Å². The second-order valence-corrected chi connectivity index (χ2v) is 3.81. The molecule has 0 aromatic heterocycles. The van der Waals surface area contributed by atoms with E-state index in [1.807, 2.05) is 0 Å². The maximum Gasteiger partial charge on any atom is 0.126 e. The molecule has 0 aromatic rings. The second-order valence-electron chi connectivity index (χ2n) is 3.81. The van der Waals surface area contributed by atoms with Crippen LogP contribution < -0.4 is 0 Å². The van der Waals surface area contributed by atoms with Gasteiger partial charge in [-0.1, -0.05) is 19.1 Å². The van der Waals surface area contributed by atoms with Crippen LogP contribution in [0.25, 0.3) is 0 Å². The Balaban J connectivity index is 2.30. The molecule has 0 saturated heterocycles. The highest BCUT2D eigenvalue weighted by atomic mass is 16.1. The first kappa shape index (κ1) is 6.14. The molecular weight excluding hydrogens is 124 g/mol. The minimum atomic E-state index is -0.0145. The van der Waals surface area contributed by atoms with Gasteiger partial charge in [-0.05, 0) is 24.7 Å². The highest BCUT2D eigenvalue weighted by molar-refractivity contribution is 5.61. The molecule has 2 bridgehead atoms. The molecule has 0 aliphatic heterocycles. The smallest absolute Gasteiger partial charge is 0.126 e. The Bertz CT molecular complexity index is 195. The Morgan fingerprint density at radius 3 is 2.70 bits per heavy atom. The summed E-state index contributed by atoms with van der Waals surface area (Å²) >= 11 is 0. The minimum absolute atomic E-state index is 0.0145. The van der Waals surface area contributed by atoms with Crippen molar-refractivity contribution in [3.63, 3.8) is 0 Å². The Morgan fingerprint density at radius 2 is 2.40 bits per heavy atom. The summed E-state index contributed by atoms with van der Waals surface area (Å²) in [5, 5.41) is 0.